The van der Waals surface area contributed by atoms with Crippen LogP contribution in [0, 0.1) is 5.92 Å². The highest BCUT2D eigenvalue weighted by Crippen LogP contribution is 2.39. The van der Waals surface area contributed by atoms with Crippen LogP contribution in [0.3, 0.4) is 0 Å². The summed E-state index contributed by atoms with van der Waals surface area (Å²) in [5.41, 5.74) is 6.17. The van der Waals surface area contributed by atoms with Crippen LogP contribution in [0.25, 0.3) is 0 Å². The van der Waals surface area contributed by atoms with Gasteiger partial charge in [0.25, 0.3) is 0 Å². The van der Waals surface area contributed by atoms with Gasteiger partial charge in [0, 0.05) is 0 Å². The maximum atomic E-state index is 6.37. The minimum Gasteiger partial charge on any atom is -0.467 e. The molecule has 1 heterocycles. The van der Waals surface area contributed by atoms with Gasteiger partial charge in [-0.05, 0) is 30.9 Å². The van der Waals surface area contributed by atoms with Gasteiger partial charge in [0.1, 0.15) is 5.76 Å². The summed E-state index contributed by atoms with van der Waals surface area (Å²) in [6.07, 6.45) is 6.52. The van der Waals surface area contributed by atoms with Gasteiger partial charge in [-0.1, -0.05) is 19.8 Å². The Morgan fingerprint density at radius 2 is 2.38 bits per heavy atom. The Kier molecular flexibility index (Phi) is 2.16. The predicted octanol–water partition coefficient (Wildman–Crippen LogP) is 2.64. The van der Waals surface area contributed by atoms with Crippen molar-refractivity contribution in [2.24, 2.45) is 11.7 Å². The van der Waals surface area contributed by atoms with Crippen molar-refractivity contribution in [3.8, 4) is 0 Å². The van der Waals surface area contributed by atoms with Crippen molar-refractivity contribution in [2.45, 2.75) is 38.1 Å². The second-order valence-corrected chi connectivity index (χ2v) is 4.16. The highest BCUT2D eigenvalue weighted by atomic mass is 16.3. The van der Waals surface area contributed by atoms with Gasteiger partial charge in [0.2, 0.25) is 0 Å². The fraction of sp³-hybridized carbons (Fsp3) is 0.636. The maximum absolute atomic E-state index is 6.37. The van der Waals surface area contributed by atoms with Crippen LogP contribution < -0.4 is 5.73 Å². The van der Waals surface area contributed by atoms with Crippen LogP contribution >= 0.6 is 0 Å². The van der Waals surface area contributed by atoms with Gasteiger partial charge in [-0.15, -0.1) is 0 Å². The number of hydrogen-bond donors (Lipinski definition) is 1. The molecule has 0 aliphatic heterocycles. The Morgan fingerprint density at radius 3 is 3.00 bits per heavy atom. The highest BCUT2D eigenvalue weighted by Gasteiger charge is 2.38. The van der Waals surface area contributed by atoms with E-state index in [1.807, 2.05) is 12.1 Å². The number of hydrogen-bond acceptors (Lipinski definition) is 2. The van der Waals surface area contributed by atoms with Crippen molar-refractivity contribution in [1.29, 1.82) is 0 Å². The van der Waals surface area contributed by atoms with E-state index in [4.69, 9.17) is 10.2 Å². The van der Waals surface area contributed by atoms with Gasteiger partial charge in [0.05, 0.1) is 11.8 Å². The monoisotopic (exact) mass is 179 g/mol. The van der Waals surface area contributed by atoms with Crippen LogP contribution in [-0.2, 0) is 5.54 Å². The number of nitrogens with two attached hydrogens (primary N) is 1. The van der Waals surface area contributed by atoms with E-state index in [1.54, 1.807) is 6.26 Å². The highest BCUT2D eigenvalue weighted by molar-refractivity contribution is 5.14. The summed E-state index contributed by atoms with van der Waals surface area (Å²) < 4.78 is 5.42. The first-order valence-electron chi connectivity index (χ1n) is 5.06. The molecule has 72 valence electrons. The Hall–Kier alpha value is -0.760. The van der Waals surface area contributed by atoms with E-state index in [-0.39, 0.29) is 5.54 Å². The normalized spacial score (nSPS) is 34.8. The van der Waals surface area contributed by atoms with E-state index in [1.165, 1.54) is 19.3 Å². The minimum atomic E-state index is -0.207. The molecule has 2 atom stereocenters. The van der Waals surface area contributed by atoms with Gasteiger partial charge in [-0.25, -0.2) is 0 Å². The molecule has 0 spiro atoms. The van der Waals surface area contributed by atoms with E-state index < -0.39 is 0 Å². The van der Waals surface area contributed by atoms with Crippen molar-refractivity contribution in [3.63, 3.8) is 0 Å². The summed E-state index contributed by atoms with van der Waals surface area (Å²) in [6, 6.07) is 3.92. The molecule has 2 nitrogen and oxygen atoms in total. The Balaban J connectivity index is 2.27. The zero-order valence-electron chi connectivity index (χ0n) is 8.12. The van der Waals surface area contributed by atoms with E-state index in [0.29, 0.717) is 5.92 Å². The molecule has 0 saturated heterocycles. The lowest BCUT2D eigenvalue weighted by Crippen LogP contribution is -2.44. The molecule has 1 aliphatic carbocycles. The molecule has 0 amide bonds. The first-order valence-corrected chi connectivity index (χ1v) is 5.06. The van der Waals surface area contributed by atoms with Gasteiger partial charge < -0.3 is 10.2 Å². The molecule has 0 bridgehead atoms. The van der Waals surface area contributed by atoms with Crippen molar-refractivity contribution in [2.75, 3.05) is 0 Å². The molecule has 2 rings (SSSR count). The van der Waals surface area contributed by atoms with Crippen LogP contribution in [0.1, 0.15) is 38.4 Å². The third-order valence-corrected chi connectivity index (χ3v) is 3.34. The fourth-order valence-corrected chi connectivity index (χ4v) is 2.28. The first kappa shape index (κ1) is 8.82. The second kappa shape index (κ2) is 3.18. The lowest BCUT2D eigenvalue weighted by Gasteiger charge is -2.37. The van der Waals surface area contributed by atoms with Crippen LogP contribution in [0.2, 0.25) is 0 Å². The van der Waals surface area contributed by atoms with Crippen molar-refractivity contribution >= 4 is 0 Å². The average molecular weight is 179 g/mol. The van der Waals surface area contributed by atoms with Crippen LogP contribution in [0.5, 0.6) is 0 Å². The molecular formula is C11H17NO. The molecule has 1 aromatic heterocycles. The van der Waals surface area contributed by atoms with Crippen molar-refractivity contribution in [1.82, 2.24) is 0 Å². The minimum absolute atomic E-state index is 0.207. The molecule has 0 aromatic carbocycles. The summed E-state index contributed by atoms with van der Waals surface area (Å²) in [5.74, 6) is 1.49. The molecule has 2 unspecified atom stereocenters. The van der Waals surface area contributed by atoms with Crippen LogP contribution in [0.15, 0.2) is 22.8 Å². The van der Waals surface area contributed by atoms with E-state index in [0.717, 1.165) is 12.2 Å². The van der Waals surface area contributed by atoms with Gasteiger partial charge in [-0.3, -0.25) is 0 Å². The molecule has 1 fully saturated rings. The standard InChI is InChI=1S/C11H17NO/c1-9-5-2-3-7-11(9,12)10-6-4-8-13-10/h4,6,8-9H,2-3,5,7,12H2,1H3. The molecule has 1 aliphatic rings. The van der Waals surface area contributed by atoms with Crippen molar-refractivity contribution < 1.29 is 4.42 Å². The quantitative estimate of drug-likeness (QED) is 0.719. The second-order valence-electron chi connectivity index (χ2n) is 4.16. The molecule has 2 N–H and O–H groups in total. The zero-order chi connectivity index (χ0) is 9.31. The third kappa shape index (κ3) is 1.39. The summed E-state index contributed by atoms with van der Waals surface area (Å²) in [6.45, 7) is 2.22. The molecule has 1 aromatic rings. The number of rotatable bonds is 1. The lowest BCUT2D eigenvalue weighted by atomic mass is 9.73. The Morgan fingerprint density at radius 1 is 1.54 bits per heavy atom. The van der Waals surface area contributed by atoms with E-state index >= 15 is 0 Å². The zero-order valence-corrected chi connectivity index (χ0v) is 8.12. The topological polar surface area (TPSA) is 39.2 Å². The third-order valence-electron chi connectivity index (χ3n) is 3.34. The van der Waals surface area contributed by atoms with Crippen LogP contribution in [-0.4, -0.2) is 0 Å². The molecule has 1 saturated carbocycles. The van der Waals surface area contributed by atoms with Crippen molar-refractivity contribution in [3.05, 3.63) is 24.2 Å². The lowest BCUT2D eigenvalue weighted by molar-refractivity contribution is 0.173. The smallest absolute Gasteiger partial charge is 0.123 e. The molecule has 0 radical (unpaired) electrons. The SMILES string of the molecule is CC1CCCCC1(N)c1ccco1. The summed E-state index contributed by atoms with van der Waals surface area (Å²) in [5, 5.41) is 0. The summed E-state index contributed by atoms with van der Waals surface area (Å²) >= 11 is 0. The predicted molar refractivity (Wildman–Crippen MR) is 52.2 cm³/mol. The van der Waals surface area contributed by atoms with E-state index in [2.05, 4.69) is 6.92 Å². The molecule has 13 heavy (non-hydrogen) atoms. The summed E-state index contributed by atoms with van der Waals surface area (Å²) in [7, 11) is 0. The number of furan rings is 1. The van der Waals surface area contributed by atoms with Gasteiger partial charge in [-0.2, -0.15) is 0 Å². The molecule has 2 heteroatoms. The van der Waals surface area contributed by atoms with Gasteiger partial charge in [0.15, 0.2) is 0 Å². The largest absolute Gasteiger partial charge is 0.467 e. The van der Waals surface area contributed by atoms with Crippen LogP contribution in [0.4, 0.5) is 0 Å². The Bertz CT molecular complexity index is 268. The average Bonchev–Trinajstić information content (AvgIpc) is 2.63. The first-order chi connectivity index (χ1) is 6.23. The Labute approximate surface area is 79.1 Å². The molecular weight excluding hydrogens is 162 g/mol. The van der Waals surface area contributed by atoms with Gasteiger partial charge >= 0.3 is 0 Å². The van der Waals surface area contributed by atoms with E-state index in [9.17, 15) is 0 Å². The maximum Gasteiger partial charge on any atom is 0.123 e. The fourth-order valence-electron chi connectivity index (χ4n) is 2.28. The summed E-state index contributed by atoms with van der Waals surface area (Å²) in [4.78, 5) is 0.